The molecule has 0 unspecified atom stereocenters. The second-order valence-electron chi connectivity index (χ2n) is 5.20. The van der Waals surface area contributed by atoms with E-state index in [0.29, 0.717) is 24.1 Å². The van der Waals surface area contributed by atoms with Crippen molar-refractivity contribution in [1.82, 2.24) is 0 Å². The number of nitrogens with zero attached hydrogens (tertiary/aromatic N) is 1. The van der Waals surface area contributed by atoms with Gasteiger partial charge in [-0.05, 0) is 37.5 Å². The van der Waals surface area contributed by atoms with Crippen molar-refractivity contribution < 1.29 is 14.3 Å². The summed E-state index contributed by atoms with van der Waals surface area (Å²) >= 11 is 0. The van der Waals surface area contributed by atoms with Crippen LogP contribution in [0.25, 0.3) is 0 Å². The van der Waals surface area contributed by atoms with E-state index in [2.05, 4.69) is 16.1 Å². The summed E-state index contributed by atoms with van der Waals surface area (Å²) in [5.41, 5.74) is 2.02. The van der Waals surface area contributed by atoms with Gasteiger partial charge in [-0.2, -0.15) is 5.26 Å². The molecule has 1 aromatic rings. The molecule has 0 saturated heterocycles. The number of amides is 1. The Morgan fingerprint density at radius 3 is 2.50 bits per heavy atom. The Bertz CT molecular complexity index is 562. The second kappa shape index (κ2) is 9.56. The van der Waals surface area contributed by atoms with Crippen molar-refractivity contribution in [3.63, 3.8) is 0 Å². The highest BCUT2D eigenvalue weighted by Crippen LogP contribution is 2.17. The minimum Gasteiger partial charge on any atom is -0.469 e. The largest absolute Gasteiger partial charge is 0.469 e. The number of hydrogen-bond donors (Lipinski definition) is 1. The Kier molecular flexibility index (Phi) is 7.69. The molecule has 0 aliphatic heterocycles. The molecule has 0 radical (unpaired) electrons. The molecule has 5 nitrogen and oxygen atoms in total. The first-order valence-electron chi connectivity index (χ1n) is 7.44. The van der Waals surface area contributed by atoms with Crippen LogP contribution in [0.2, 0.25) is 0 Å². The molecule has 0 aromatic heterocycles. The standard InChI is InChI=1S/C17H22N2O3/c1-13-9-10-15(14(11-13)12-18)19-16(20)7-5-3-4-6-8-17(21)22-2/h9-11H,3-8H2,1-2H3,(H,19,20). The second-order valence-corrected chi connectivity index (χ2v) is 5.20. The van der Waals surface area contributed by atoms with E-state index in [-0.39, 0.29) is 11.9 Å². The molecule has 1 amide bonds. The third-order valence-electron chi connectivity index (χ3n) is 3.33. The van der Waals surface area contributed by atoms with Crippen LogP contribution in [-0.2, 0) is 14.3 Å². The fourth-order valence-corrected chi connectivity index (χ4v) is 2.08. The van der Waals surface area contributed by atoms with Crippen molar-refractivity contribution >= 4 is 17.6 Å². The highest BCUT2D eigenvalue weighted by Gasteiger charge is 2.07. The molecule has 0 saturated carbocycles. The van der Waals surface area contributed by atoms with Gasteiger partial charge >= 0.3 is 5.97 Å². The number of methoxy groups -OCH3 is 1. The first kappa shape index (κ1) is 17.7. The molecule has 0 heterocycles. The Morgan fingerprint density at radius 1 is 1.18 bits per heavy atom. The SMILES string of the molecule is COC(=O)CCCCCCC(=O)Nc1ccc(C)cc1C#N. The van der Waals surface area contributed by atoms with E-state index in [0.717, 1.165) is 31.2 Å². The summed E-state index contributed by atoms with van der Waals surface area (Å²) in [4.78, 5) is 22.8. The predicted octanol–water partition coefficient (Wildman–Crippen LogP) is 3.32. The number of anilines is 1. The maximum Gasteiger partial charge on any atom is 0.305 e. The Balaban J connectivity index is 2.27. The summed E-state index contributed by atoms with van der Waals surface area (Å²) in [6.45, 7) is 1.90. The molecule has 1 aromatic carbocycles. The van der Waals surface area contributed by atoms with Crippen LogP contribution in [0.3, 0.4) is 0 Å². The lowest BCUT2D eigenvalue weighted by Crippen LogP contribution is -2.12. The average molecular weight is 302 g/mol. The van der Waals surface area contributed by atoms with Crippen LogP contribution in [-0.4, -0.2) is 19.0 Å². The number of nitriles is 1. The number of hydrogen-bond acceptors (Lipinski definition) is 4. The lowest BCUT2D eigenvalue weighted by molar-refractivity contribution is -0.140. The van der Waals surface area contributed by atoms with E-state index in [4.69, 9.17) is 5.26 Å². The van der Waals surface area contributed by atoms with Gasteiger partial charge in [-0.25, -0.2) is 0 Å². The van der Waals surface area contributed by atoms with Crippen LogP contribution >= 0.6 is 0 Å². The van der Waals surface area contributed by atoms with Crippen LogP contribution in [0, 0.1) is 18.3 Å². The van der Waals surface area contributed by atoms with Crippen molar-refractivity contribution in [1.29, 1.82) is 5.26 Å². The molecule has 1 N–H and O–H groups in total. The molecule has 0 atom stereocenters. The lowest BCUT2D eigenvalue weighted by Gasteiger charge is -2.07. The fraction of sp³-hybridized carbons (Fsp3) is 0.471. The van der Waals surface area contributed by atoms with Gasteiger partial charge in [0.15, 0.2) is 0 Å². The van der Waals surface area contributed by atoms with Gasteiger partial charge in [0.1, 0.15) is 6.07 Å². The minimum absolute atomic E-state index is 0.0895. The molecule has 118 valence electrons. The summed E-state index contributed by atoms with van der Waals surface area (Å²) in [5, 5.41) is 11.8. The third kappa shape index (κ3) is 6.40. The normalized spacial score (nSPS) is 9.86. The molecular weight excluding hydrogens is 280 g/mol. The number of rotatable bonds is 8. The van der Waals surface area contributed by atoms with Crippen molar-refractivity contribution in [3.8, 4) is 6.07 Å². The molecule has 0 bridgehead atoms. The van der Waals surface area contributed by atoms with E-state index in [1.165, 1.54) is 7.11 Å². The smallest absolute Gasteiger partial charge is 0.305 e. The maximum absolute atomic E-state index is 11.9. The average Bonchev–Trinajstić information content (AvgIpc) is 2.52. The number of benzene rings is 1. The number of nitrogens with one attached hydrogen (secondary N) is 1. The van der Waals surface area contributed by atoms with Gasteiger partial charge in [-0.1, -0.05) is 18.9 Å². The molecule has 0 aliphatic rings. The van der Waals surface area contributed by atoms with E-state index in [1.54, 1.807) is 12.1 Å². The van der Waals surface area contributed by atoms with Crippen LogP contribution in [0.15, 0.2) is 18.2 Å². The van der Waals surface area contributed by atoms with Crippen LogP contribution in [0.5, 0.6) is 0 Å². The van der Waals surface area contributed by atoms with Crippen molar-refractivity contribution in [2.45, 2.75) is 45.4 Å². The number of ether oxygens (including phenoxy) is 1. The van der Waals surface area contributed by atoms with Crippen LogP contribution < -0.4 is 5.32 Å². The zero-order valence-corrected chi connectivity index (χ0v) is 13.1. The van der Waals surface area contributed by atoms with E-state index >= 15 is 0 Å². The molecule has 5 heteroatoms. The summed E-state index contributed by atoms with van der Waals surface area (Å²) < 4.78 is 4.56. The highest BCUT2D eigenvalue weighted by molar-refractivity contribution is 5.92. The monoisotopic (exact) mass is 302 g/mol. The number of esters is 1. The number of carbonyl (C=O) groups excluding carboxylic acids is 2. The van der Waals surface area contributed by atoms with E-state index < -0.39 is 0 Å². The maximum atomic E-state index is 11.9. The zero-order chi connectivity index (χ0) is 16.4. The van der Waals surface area contributed by atoms with Gasteiger partial charge < -0.3 is 10.1 Å². The number of aryl methyl sites for hydroxylation is 1. The summed E-state index contributed by atoms with van der Waals surface area (Å²) in [6.07, 6.45) is 4.18. The fourth-order valence-electron chi connectivity index (χ4n) is 2.08. The van der Waals surface area contributed by atoms with Crippen molar-refractivity contribution in [2.24, 2.45) is 0 Å². The first-order chi connectivity index (χ1) is 10.6. The molecule has 22 heavy (non-hydrogen) atoms. The molecule has 0 spiro atoms. The topological polar surface area (TPSA) is 79.2 Å². The van der Waals surface area contributed by atoms with E-state index in [1.807, 2.05) is 13.0 Å². The van der Waals surface area contributed by atoms with Gasteiger partial charge in [-0.3, -0.25) is 9.59 Å². The van der Waals surface area contributed by atoms with Gasteiger partial charge in [-0.15, -0.1) is 0 Å². The van der Waals surface area contributed by atoms with Gasteiger partial charge in [0.2, 0.25) is 5.91 Å². The lowest BCUT2D eigenvalue weighted by atomic mass is 10.1. The van der Waals surface area contributed by atoms with Crippen LogP contribution in [0.1, 0.15) is 49.7 Å². The molecular formula is C17H22N2O3. The third-order valence-corrected chi connectivity index (χ3v) is 3.33. The summed E-state index contributed by atoms with van der Waals surface area (Å²) in [6, 6.07) is 7.45. The Hall–Kier alpha value is -2.35. The zero-order valence-electron chi connectivity index (χ0n) is 13.1. The van der Waals surface area contributed by atoms with Gasteiger partial charge in [0.05, 0.1) is 18.4 Å². The number of carbonyl (C=O) groups is 2. The molecule has 0 aliphatic carbocycles. The Labute approximate surface area is 131 Å². The highest BCUT2D eigenvalue weighted by atomic mass is 16.5. The van der Waals surface area contributed by atoms with Crippen LogP contribution in [0.4, 0.5) is 5.69 Å². The number of unbranched alkanes of at least 4 members (excludes halogenated alkanes) is 3. The van der Waals surface area contributed by atoms with Gasteiger partial charge in [0, 0.05) is 12.8 Å². The van der Waals surface area contributed by atoms with Gasteiger partial charge in [0.25, 0.3) is 0 Å². The molecule has 1 rings (SSSR count). The summed E-state index contributed by atoms with van der Waals surface area (Å²) in [7, 11) is 1.38. The van der Waals surface area contributed by atoms with Crippen molar-refractivity contribution in [2.75, 3.05) is 12.4 Å². The minimum atomic E-state index is -0.193. The predicted molar refractivity (Wildman–Crippen MR) is 84.2 cm³/mol. The van der Waals surface area contributed by atoms with E-state index in [9.17, 15) is 9.59 Å². The van der Waals surface area contributed by atoms with Crippen molar-refractivity contribution in [3.05, 3.63) is 29.3 Å². The molecule has 0 fully saturated rings. The first-order valence-corrected chi connectivity index (χ1v) is 7.44. The quantitative estimate of drug-likeness (QED) is 0.590. The summed E-state index contributed by atoms with van der Waals surface area (Å²) in [5.74, 6) is -0.283. The Morgan fingerprint density at radius 2 is 1.86 bits per heavy atom.